The van der Waals surface area contributed by atoms with Gasteiger partial charge in [0, 0.05) is 18.1 Å². The largest absolute Gasteiger partial charge is 0.478 e. The molecule has 0 radical (unpaired) electrons. The van der Waals surface area contributed by atoms with Crippen molar-refractivity contribution in [1.82, 2.24) is 5.32 Å². The van der Waals surface area contributed by atoms with E-state index < -0.39 is 30.3 Å². The molecule has 9 nitrogen and oxygen atoms in total. The van der Waals surface area contributed by atoms with Crippen LogP contribution in [-0.2, 0) is 22.4 Å². The van der Waals surface area contributed by atoms with Gasteiger partial charge in [-0.3, -0.25) is 14.4 Å². The first-order valence-corrected chi connectivity index (χ1v) is 11.8. The van der Waals surface area contributed by atoms with E-state index in [4.69, 9.17) is 19.7 Å². The number of hydrogen-bond donors (Lipinski definition) is 3. The fraction of sp³-hybridized carbons (Fsp3) is 0.172. The summed E-state index contributed by atoms with van der Waals surface area (Å²) in [5, 5.41) is 20.9. The molecule has 1 amide bonds. The monoisotopic (exact) mass is 515 g/mol. The van der Waals surface area contributed by atoms with Crippen molar-refractivity contribution < 1.29 is 38.9 Å². The van der Waals surface area contributed by atoms with Crippen LogP contribution in [0.3, 0.4) is 0 Å². The molecule has 4 rings (SSSR count). The van der Waals surface area contributed by atoms with Crippen molar-refractivity contribution in [2.75, 3.05) is 13.4 Å². The van der Waals surface area contributed by atoms with Gasteiger partial charge in [0.05, 0.1) is 11.6 Å². The zero-order chi connectivity index (χ0) is 27.1. The number of ether oxygens (including phenoxy) is 2. The maximum absolute atomic E-state index is 13.2. The lowest BCUT2D eigenvalue weighted by atomic mass is 9.96. The van der Waals surface area contributed by atoms with Crippen LogP contribution in [0.25, 0.3) is 6.08 Å². The van der Waals surface area contributed by atoms with E-state index >= 15 is 0 Å². The number of carbonyl (C=O) groups excluding carboxylic acids is 3. The molecule has 3 aromatic carbocycles. The van der Waals surface area contributed by atoms with Crippen molar-refractivity contribution in [2.24, 2.45) is 0 Å². The molecule has 0 saturated heterocycles. The van der Waals surface area contributed by atoms with Crippen molar-refractivity contribution in [1.29, 1.82) is 0 Å². The van der Waals surface area contributed by atoms with Crippen molar-refractivity contribution in [3.8, 4) is 11.5 Å². The number of fused-ring (bicyclic) bond motifs is 1. The molecule has 1 atom stereocenters. The third kappa shape index (κ3) is 6.71. The lowest BCUT2D eigenvalue weighted by Gasteiger charge is -2.17. The zero-order valence-electron chi connectivity index (χ0n) is 20.3. The molecule has 0 saturated carbocycles. The van der Waals surface area contributed by atoms with Crippen molar-refractivity contribution >= 4 is 29.5 Å². The van der Waals surface area contributed by atoms with Crippen molar-refractivity contribution in [3.05, 3.63) is 101 Å². The number of aliphatic hydroxyl groups excluding tert-OH is 1. The SMILES string of the molecule is O=C(/C=C/c1ccc2c(c1)OCO2)N[C@@H](Cc1ccc(C(=O)O)cc1)C(=O)Cc1ccc(C(=O)CO)cc1. The summed E-state index contributed by atoms with van der Waals surface area (Å²) in [6.07, 6.45) is 3.07. The lowest BCUT2D eigenvalue weighted by molar-refractivity contribution is -0.125. The van der Waals surface area contributed by atoms with Gasteiger partial charge < -0.3 is 25.0 Å². The summed E-state index contributed by atoms with van der Waals surface area (Å²) in [6.45, 7) is -0.465. The first kappa shape index (κ1) is 26.3. The number of rotatable bonds is 11. The first-order valence-electron chi connectivity index (χ1n) is 11.8. The van der Waals surface area contributed by atoms with Crippen LogP contribution in [0, 0.1) is 0 Å². The highest BCUT2D eigenvalue weighted by Crippen LogP contribution is 2.32. The summed E-state index contributed by atoms with van der Waals surface area (Å²) in [5.74, 6) is -1.02. The van der Waals surface area contributed by atoms with Gasteiger partial charge in [-0.15, -0.1) is 0 Å². The number of nitrogens with one attached hydrogen (secondary N) is 1. The second kappa shape index (κ2) is 12.0. The molecular formula is C29H25NO8. The highest BCUT2D eigenvalue weighted by Gasteiger charge is 2.21. The van der Waals surface area contributed by atoms with Gasteiger partial charge in [-0.05, 0) is 53.5 Å². The van der Waals surface area contributed by atoms with Gasteiger partial charge in [0.1, 0.15) is 6.61 Å². The molecule has 194 valence electrons. The van der Waals surface area contributed by atoms with Gasteiger partial charge in [0.2, 0.25) is 12.7 Å². The third-order valence-electron chi connectivity index (χ3n) is 5.97. The molecule has 3 aromatic rings. The Morgan fingerprint density at radius 2 is 1.53 bits per heavy atom. The van der Waals surface area contributed by atoms with Crippen LogP contribution in [0.15, 0.2) is 72.8 Å². The standard InChI is InChI=1S/C29H25NO8/c31-16-25(33)21-7-1-19(2-8-21)14-24(32)23(13-18-3-9-22(10-4-18)29(35)36)30-28(34)12-6-20-5-11-26-27(15-20)38-17-37-26/h1-12,15,23,31H,13-14,16-17H2,(H,30,34)(H,35,36)/b12-6+/t23-/m0/s1. The Hall–Kier alpha value is -4.76. The Morgan fingerprint density at radius 3 is 2.21 bits per heavy atom. The number of aliphatic hydroxyl groups is 1. The summed E-state index contributed by atoms with van der Waals surface area (Å²) in [7, 11) is 0. The number of benzene rings is 3. The molecule has 1 aliphatic heterocycles. The Morgan fingerprint density at radius 1 is 0.868 bits per heavy atom. The third-order valence-corrected chi connectivity index (χ3v) is 5.97. The number of carboxylic acid groups (broad SMARTS) is 1. The second-order valence-corrected chi connectivity index (χ2v) is 8.63. The Kier molecular flexibility index (Phi) is 8.30. The number of carbonyl (C=O) groups is 4. The van der Waals surface area contributed by atoms with Gasteiger partial charge in [-0.1, -0.05) is 42.5 Å². The molecule has 0 aromatic heterocycles. The molecule has 0 bridgehead atoms. The van der Waals surface area contributed by atoms with Gasteiger partial charge in [-0.2, -0.15) is 0 Å². The van der Waals surface area contributed by atoms with E-state index in [0.717, 1.165) is 0 Å². The number of carboxylic acids is 1. The average Bonchev–Trinajstić information content (AvgIpc) is 3.40. The van der Waals surface area contributed by atoms with E-state index in [9.17, 15) is 19.2 Å². The highest BCUT2D eigenvalue weighted by atomic mass is 16.7. The smallest absolute Gasteiger partial charge is 0.335 e. The topological polar surface area (TPSA) is 139 Å². The fourth-order valence-electron chi connectivity index (χ4n) is 3.90. The summed E-state index contributed by atoms with van der Waals surface area (Å²) in [5.41, 5.74) is 2.48. The second-order valence-electron chi connectivity index (χ2n) is 8.63. The highest BCUT2D eigenvalue weighted by molar-refractivity contribution is 5.98. The molecule has 0 unspecified atom stereocenters. The van der Waals surface area contributed by atoms with Gasteiger partial charge >= 0.3 is 5.97 Å². The van der Waals surface area contributed by atoms with Crippen LogP contribution >= 0.6 is 0 Å². The number of amides is 1. The summed E-state index contributed by atoms with van der Waals surface area (Å²) in [6, 6.07) is 16.8. The number of ketones is 2. The summed E-state index contributed by atoms with van der Waals surface area (Å²) in [4.78, 5) is 48.8. The van der Waals surface area contributed by atoms with E-state index in [1.54, 1.807) is 48.5 Å². The number of hydrogen-bond acceptors (Lipinski definition) is 7. The number of Topliss-reactive ketones (excluding diaryl/α,β-unsaturated/α-hetero) is 2. The van der Waals surface area contributed by atoms with E-state index in [2.05, 4.69) is 5.32 Å². The van der Waals surface area contributed by atoms with Crippen LogP contribution in [0.2, 0.25) is 0 Å². The van der Waals surface area contributed by atoms with Crippen LogP contribution in [0.4, 0.5) is 0 Å². The molecule has 38 heavy (non-hydrogen) atoms. The van der Waals surface area contributed by atoms with Crippen LogP contribution in [-0.4, -0.2) is 53.1 Å². The minimum atomic E-state index is -1.06. The molecule has 0 spiro atoms. The minimum Gasteiger partial charge on any atom is -0.478 e. The molecular weight excluding hydrogens is 490 g/mol. The van der Waals surface area contributed by atoms with Gasteiger partial charge in [0.25, 0.3) is 0 Å². The normalized spacial score (nSPS) is 12.8. The quantitative estimate of drug-likeness (QED) is 0.262. The summed E-state index contributed by atoms with van der Waals surface area (Å²) >= 11 is 0. The van der Waals surface area contributed by atoms with Crippen LogP contribution in [0.1, 0.15) is 37.4 Å². The summed E-state index contributed by atoms with van der Waals surface area (Å²) < 4.78 is 10.6. The molecule has 0 aliphatic carbocycles. The Balaban J connectivity index is 1.48. The zero-order valence-corrected chi connectivity index (χ0v) is 20.3. The van der Waals surface area contributed by atoms with E-state index in [0.29, 0.717) is 33.8 Å². The van der Waals surface area contributed by atoms with Gasteiger partial charge in [0.15, 0.2) is 23.1 Å². The maximum Gasteiger partial charge on any atom is 0.335 e. The maximum atomic E-state index is 13.2. The van der Waals surface area contributed by atoms with Crippen LogP contribution < -0.4 is 14.8 Å². The fourth-order valence-corrected chi connectivity index (χ4v) is 3.90. The predicted octanol–water partition coefficient (Wildman–Crippen LogP) is 2.84. The van der Waals surface area contributed by atoms with Crippen molar-refractivity contribution in [3.63, 3.8) is 0 Å². The van der Waals surface area contributed by atoms with E-state index in [1.807, 2.05) is 0 Å². The van der Waals surface area contributed by atoms with E-state index in [-0.39, 0.29) is 31.0 Å². The molecule has 1 aliphatic rings. The first-order chi connectivity index (χ1) is 18.3. The predicted molar refractivity (Wildman–Crippen MR) is 137 cm³/mol. The Labute approximate surface area is 218 Å². The van der Waals surface area contributed by atoms with Gasteiger partial charge in [-0.25, -0.2) is 4.79 Å². The minimum absolute atomic E-state index is 0.00235. The molecule has 3 N–H and O–H groups in total. The van der Waals surface area contributed by atoms with Crippen LogP contribution in [0.5, 0.6) is 11.5 Å². The van der Waals surface area contributed by atoms with E-state index in [1.165, 1.54) is 30.3 Å². The molecule has 1 heterocycles. The Bertz CT molecular complexity index is 1380. The van der Waals surface area contributed by atoms with Crippen molar-refractivity contribution in [2.45, 2.75) is 18.9 Å². The molecule has 9 heteroatoms. The number of aromatic carboxylic acids is 1. The molecule has 0 fully saturated rings. The average molecular weight is 516 g/mol. The lowest BCUT2D eigenvalue weighted by Crippen LogP contribution is -2.42.